The van der Waals surface area contributed by atoms with E-state index in [2.05, 4.69) is 95.7 Å². The maximum absolute atomic E-state index is 2.96. The van der Waals surface area contributed by atoms with Crippen LogP contribution in [-0.4, -0.2) is 45.2 Å². The summed E-state index contributed by atoms with van der Waals surface area (Å²) in [5, 5.41) is 3.09. The van der Waals surface area contributed by atoms with E-state index >= 15 is 0 Å². The van der Waals surface area contributed by atoms with Gasteiger partial charge in [0.05, 0.1) is 0 Å². The van der Waals surface area contributed by atoms with Gasteiger partial charge in [0.15, 0.2) is 0 Å². The van der Waals surface area contributed by atoms with Crippen LogP contribution in [0.1, 0.15) is 75.3 Å². The molecule has 192 valence electrons. The Morgan fingerprint density at radius 3 is 1.31 bits per heavy atom. The number of aryl methyl sites for hydroxylation is 2. The van der Waals surface area contributed by atoms with E-state index in [4.69, 9.17) is 0 Å². The molecule has 2 aromatic carbocycles. The molecule has 0 bridgehead atoms. The maximum atomic E-state index is 2.96. The van der Waals surface area contributed by atoms with Gasteiger partial charge in [-0.3, -0.25) is 0 Å². The van der Waals surface area contributed by atoms with E-state index in [0.717, 1.165) is 33.1 Å². The van der Waals surface area contributed by atoms with Crippen LogP contribution in [0, 0.1) is 13.8 Å². The number of nitrogens with zero attached hydrogens (tertiary/aromatic N) is 2. The van der Waals surface area contributed by atoms with Crippen molar-refractivity contribution >= 4 is 34.9 Å². The Morgan fingerprint density at radius 2 is 0.889 bits per heavy atom. The van der Waals surface area contributed by atoms with Crippen molar-refractivity contribution in [1.82, 2.24) is 0 Å². The van der Waals surface area contributed by atoms with Gasteiger partial charge in [0.25, 0.3) is 0 Å². The van der Waals surface area contributed by atoms with Crippen molar-refractivity contribution in [2.45, 2.75) is 123 Å². The van der Waals surface area contributed by atoms with Gasteiger partial charge in [0.2, 0.25) is 0 Å². The quantitative estimate of drug-likeness (QED) is 0.397. The number of rotatable bonds is 2. The molecule has 0 aromatic heterocycles. The largest absolute Gasteiger partial charge is 0.363 e. The zero-order valence-corrected chi connectivity index (χ0v) is 23.7. The predicted molar refractivity (Wildman–Crippen MR) is 159 cm³/mol. The third kappa shape index (κ3) is 4.10. The third-order valence-electron chi connectivity index (χ3n) is 9.93. The van der Waals surface area contributed by atoms with E-state index in [9.17, 15) is 0 Å². The van der Waals surface area contributed by atoms with Crippen molar-refractivity contribution in [3.63, 3.8) is 0 Å². The number of fused-ring (bicyclic) bond motifs is 5. The lowest BCUT2D eigenvalue weighted by molar-refractivity contribution is 0.287. The molecular formula is C32H42N2S2. The molecule has 5 aliphatic rings. The molecule has 2 heterocycles. The molecule has 0 amide bonds. The van der Waals surface area contributed by atoms with E-state index in [1.165, 1.54) is 86.7 Å². The Labute approximate surface area is 227 Å². The smallest absolute Gasteiger partial charge is 0.0424 e. The Hall–Kier alpha value is -1.26. The summed E-state index contributed by atoms with van der Waals surface area (Å²) >= 11 is 4.87. The minimum Gasteiger partial charge on any atom is -0.363 e. The lowest BCUT2D eigenvalue weighted by Gasteiger charge is -2.62. The summed E-state index contributed by atoms with van der Waals surface area (Å²) in [6, 6.07) is 21.9. The van der Waals surface area contributed by atoms with Gasteiger partial charge >= 0.3 is 0 Å². The molecule has 2 aliphatic heterocycles. The average molecular weight is 519 g/mol. The molecule has 4 heteroatoms. The average Bonchev–Trinajstić information content (AvgIpc) is 2.92. The van der Waals surface area contributed by atoms with E-state index in [1.54, 1.807) is 0 Å². The van der Waals surface area contributed by atoms with Crippen LogP contribution in [0.3, 0.4) is 0 Å². The molecule has 0 N–H and O–H groups in total. The van der Waals surface area contributed by atoms with Gasteiger partial charge < -0.3 is 9.80 Å². The van der Waals surface area contributed by atoms with Gasteiger partial charge in [0, 0.05) is 56.5 Å². The van der Waals surface area contributed by atoms with Crippen LogP contribution >= 0.6 is 23.5 Å². The first-order chi connectivity index (χ1) is 17.7. The van der Waals surface area contributed by atoms with Crippen LogP contribution < -0.4 is 9.80 Å². The van der Waals surface area contributed by atoms with Gasteiger partial charge in [-0.25, -0.2) is 0 Å². The highest BCUT2D eigenvalue weighted by molar-refractivity contribution is 8.04. The Balaban J connectivity index is 1.26. The predicted octanol–water partition coefficient (Wildman–Crippen LogP) is 8.00. The van der Waals surface area contributed by atoms with Gasteiger partial charge in [-0.05, 0) is 76.6 Å². The number of benzene rings is 2. The molecule has 5 fully saturated rings. The molecule has 36 heavy (non-hydrogen) atoms. The first-order valence-electron chi connectivity index (χ1n) is 14.7. The topological polar surface area (TPSA) is 6.48 Å². The summed E-state index contributed by atoms with van der Waals surface area (Å²) in [6.07, 6.45) is 14.0. The maximum Gasteiger partial charge on any atom is 0.0424 e. The molecule has 2 nitrogen and oxygen atoms in total. The van der Waals surface area contributed by atoms with Crippen molar-refractivity contribution in [2.75, 3.05) is 9.80 Å². The highest BCUT2D eigenvalue weighted by Gasteiger charge is 2.55. The van der Waals surface area contributed by atoms with E-state index in [-0.39, 0.29) is 0 Å². The van der Waals surface area contributed by atoms with E-state index in [0.29, 0.717) is 12.1 Å². The fourth-order valence-electron chi connectivity index (χ4n) is 8.24. The van der Waals surface area contributed by atoms with E-state index in [1.807, 2.05) is 0 Å². The van der Waals surface area contributed by atoms with Crippen molar-refractivity contribution in [2.24, 2.45) is 0 Å². The van der Waals surface area contributed by atoms with E-state index < -0.39 is 0 Å². The van der Waals surface area contributed by atoms with Crippen molar-refractivity contribution in [3.8, 4) is 0 Å². The molecular weight excluding hydrogens is 477 g/mol. The second-order valence-electron chi connectivity index (χ2n) is 12.2. The summed E-state index contributed by atoms with van der Waals surface area (Å²) < 4.78 is 0. The first-order valence-corrected chi connectivity index (χ1v) is 16.6. The Bertz CT molecular complexity index is 967. The fourth-order valence-corrected chi connectivity index (χ4v) is 12.5. The Morgan fingerprint density at radius 1 is 0.500 bits per heavy atom. The zero-order valence-electron chi connectivity index (χ0n) is 22.0. The third-order valence-corrected chi connectivity index (χ3v) is 13.7. The highest BCUT2D eigenvalue weighted by atomic mass is 32.2. The lowest BCUT2D eigenvalue weighted by Crippen LogP contribution is -2.69. The van der Waals surface area contributed by atoms with Crippen LogP contribution in [0.4, 0.5) is 11.4 Å². The standard InChI is InChI=1S/C32H42N2S2/c1-21-11-15-23(16-12-21)33-25-7-3-5-9-29(25)35-31-27(33)19-20-28-32(31)36-30-10-6-4-8-26(30)34(28)24-17-13-22(2)14-18-24/h11-18,25-32H,3-10,19-20H2,1-2H3. The number of hydrogen-bond donors (Lipinski definition) is 0. The highest BCUT2D eigenvalue weighted by Crippen LogP contribution is 2.55. The summed E-state index contributed by atoms with van der Waals surface area (Å²) in [6.45, 7) is 4.46. The summed E-state index contributed by atoms with van der Waals surface area (Å²) in [5.41, 5.74) is 5.76. The van der Waals surface area contributed by atoms with Crippen LogP contribution in [-0.2, 0) is 0 Å². The molecule has 8 unspecified atom stereocenters. The molecule has 2 aromatic rings. The lowest BCUT2D eigenvalue weighted by atomic mass is 9.82. The molecule has 0 radical (unpaired) electrons. The molecule has 2 saturated heterocycles. The summed E-state index contributed by atoms with van der Waals surface area (Å²) in [7, 11) is 0. The van der Waals surface area contributed by atoms with Gasteiger partial charge in [-0.1, -0.05) is 61.1 Å². The summed E-state index contributed by atoms with van der Waals surface area (Å²) in [4.78, 5) is 5.93. The van der Waals surface area contributed by atoms with Crippen LogP contribution in [0.15, 0.2) is 48.5 Å². The second kappa shape index (κ2) is 9.80. The number of thioether (sulfide) groups is 2. The molecule has 8 atom stereocenters. The molecule has 3 aliphatic carbocycles. The van der Waals surface area contributed by atoms with Crippen molar-refractivity contribution in [3.05, 3.63) is 59.7 Å². The normalized spacial score (nSPS) is 37.9. The van der Waals surface area contributed by atoms with Crippen LogP contribution in [0.25, 0.3) is 0 Å². The van der Waals surface area contributed by atoms with Crippen LogP contribution in [0.5, 0.6) is 0 Å². The van der Waals surface area contributed by atoms with Crippen molar-refractivity contribution in [1.29, 1.82) is 0 Å². The fraction of sp³-hybridized carbons (Fsp3) is 0.625. The van der Waals surface area contributed by atoms with Crippen LogP contribution in [0.2, 0.25) is 0 Å². The SMILES string of the molecule is Cc1ccc(N2C3CCCCC3SC3C4SC5CCCCC5N(c5ccc(C)cc5)C4CCC32)cc1. The van der Waals surface area contributed by atoms with Gasteiger partial charge in [-0.15, -0.1) is 23.5 Å². The second-order valence-corrected chi connectivity index (χ2v) is 15.0. The van der Waals surface area contributed by atoms with Gasteiger partial charge in [0.1, 0.15) is 0 Å². The summed E-state index contributed by atoms with van der Waals surface area (Å²) in [5.74, 6) is 0. The Kier molecular flexibility index (Phi) is 6.49. The molecule has 7 rings (SSSR count). The zero-order chi connectivity index (χ0) is 24.2. The molecule has 3 saturated carbocycles. The molecule has 0 spiro atoms. The monoisotopic (exact) mass is 518 g/mol. The van der Waals surface area contributed by atoms with Gasteiger partial charge in [-0.2, -0.15) is 0 Å². The minimum atomic E-state index is 0.686. The van der Waals surface area contributed by atoms with Crippen molar-refractivity contribution < 1.29 is 0 Å². The first kappa shape index (κ1) is 23.8. The number of hydrogen-bond acceptors (Lipinski definition) is 4. The number of anilines is 2. The minimum absolute atomic E-state index is 0.686.